The first-order chi connectivity index (χ1) is 14.4. The first-order valence-corrected chi connectivity index (χ1v) is 9.09. The maximum absolute atomic E-state index is 12.5. The van der Waals surface area contributed by atoms with E-state index in [1.54, 1.807) is 4.90 Å². The van der Waals surface area contributed by atoms with E-state index in [1.165, 1.54) is 25.3 Å². The van der Waals surface area contributed by atoms with Crippen LogP contribution in [-0.4, -0.2) is 42.7 Å². The van der Waals surface area contributed by atoms with Crippen molar-refractivity contribution >= 4 is 35.1 Å². The lowest BCUT2D eigenvalue weighted by molar-refractivity contribution is -0.384. The standard InChI is InChI=1S/C20H20N4O6/c1-13-9-14-5-3-4-6-17(14)23(13)20(26)12-30-21-11-19(25)22-16-8-7-15(24(27)28)10-18(16)29-2/h3-8,10-11,13H,9,12H2,1-2H3,(H,22,25)/b21-11-/t13-/m1/s1. The fourth-order valence-electron chi connectivity index (χ4n) is 3.25. The highest BCUT2D eigenvalue weighted by Crippen LogP contribution is 2.32. The predicted molar refractivity (Wildman–Crippen MR) is 110 cm³/mol. The van der Waals surface area contributed by atoms with Crippen LogP contribution in [0.4, 0.5) is 17.1 Å². The molecule has 2 aromatic carbocycles. The second-order valence-corrected chi connectivity index (χ2v) is 6.58. The third-order valence-electron chi connectivity index (χ3n) is 4.56. The highest BCUT2D eigenvalue weighted by Gasteiger charge is 2.30. The smallest absolute Gasteiger partial charge is 0.273 e. The summed E-state index contributed by atoms with van der Waals surface area (Å²) in [5.41, 5.74) is 2.01. The summed E-state index contributed by atoms with van der Waals surface area (Å²) < 4.78 is 5.04. The van der Waals surface area contributed by atoms with Crippen molar-refractivity contribution in [2.24, 2.45) is 5.16 Å². The maximum atomic E-state index is 12.5. The van der Waals surface area contributed by atoms with Crippen LogP contribution in [-0.2, 0) is 20.8 Å². The van der Waals surface area contributed by atoms with E-state index < -0.39 is 10.8 Å². The van der Waals surface area contributed by atoms with Crippen LogP contribution < -0.4 is 15.0 Å². The molecule has 1 heterocycles. The number of non-ortho nitro benzene ring substituents is 1. The molecule has 2 aromatic rings. The highest BCUT2D eigenvalue weighted by molar-refractivity contribution is 6.31. The molecule has 0 bridgehead atoms. The minimum absolute atomic E-state index is 0.0142. The Bertz CT molecular complexity index is 1010. The molecule has 1 aliphatic heterocycles. The second-order valence-electron chi connectivity index (χ2n) is 6.58. The number of para-hydroxylation sites is 1. The zero-order chi connectivity index (χ0) is 21.7. The average Bonchev–Trinajstić information content (AvgIpc) is 3.06. The van der Waals surface area contributed by atoms with Crippen molar-refractivity contribution in [2.75, 3.05) is 23.9 Å². The van der Waals surface area contributed by atoms with Gasteiger partial charge in [-0.15, -0.1) is 0 Å². The number of benzene rings is 2. The molecule has 10 heteroatoms. The van der Waals surface area contributed by atoms with Crippen LogP contribution in [0.2, 0.25) is 0 Å². The monoisotopic (exact) mass is 412 g/mol. The molecule has 1 atom stereocenters. The third-order valence-corrected chi connectivity index (χ3v) is 4.56. The number of nitro groups is 1. The SMILES string of the molecule is COc1cc([N+](=O)[O-])ccc1NC(=O)/C=N\OCC(=O)N1c2ccccc2C[C@H]1C. The van der Waals surface area contributed by atoms with Crippen LogP contribution >= 0.6 is 0 Å². The minimum atomic E-state index is -0.644. The molecule has 3 rings (SSSR count). The molecule has 156 valence electrons. The summed E-state index contributed by atoms with van der Waals surface area (Å²) >= 11 is 0. The average molecular weight is 412 g/mol. The molecular formula is C20H20N4O6. The Morgan fingerprint density at radius 3 is 2.83 bits per heavy atom. The minimum Gasteiger partial charge on any atom is -0.494 e. The summed E-state index contributed by atoms with van der Waals surface area (Å²) in [5.74, 6) is -0.778. The van der Waals surface area contributed by atoms with Crippen LogP contribution in [0.1, 0.15) is 12.5 Å². The number of fused-ring (bicyclic) bond motifs is 1. The van der Waals surface area contributed by atoms with Gasteiger partial charge in [0.25, 0.3) is 17.5 Å². The van der Waals surface area contributed by atoms with Crippen LogP contribution in [0.5, 0.6) is 5.75 Å². The summed E-state index contributed by atoms with van der Waals surface area (Å²) in [7, 11) is 1.33. The molecule has 1 N–H and O–H groups in total. The maximum Gasteiger partial charge on any atom is 0.273 e. The number of anilines is 2. The summed E-state index contributed by atoms with van der Waals surface area (Å²) in [5, 5.41) is 16.8. The zero-order valence-corrected chi connectivity index (χ0v) is 16.4. The Morgan fingerprint density at radius 2 is 2.10 bits per heavy atom. The van der Waals surface area contributed by atoms with Gasteiger partial charge < -0.3 is 19.8 Å². The van der Waals surface area contributed by atoms with E-state index in [0.29, 0.717) is 0 Å². The van der Waals surface area contributed by atoms with Crippen molar-refractivity contribution in [2.45, 2.75) is 19.4 Å². The van der Waals surface area contributed by atoms with Gasteiger partial charge in [-0.1, -0.05) is 23.4 Å². The fraction of sp³-hybridized carbons (Fsp3) is 0.250. The highest BCUT2D eigenvalue weighted by atomic mass is 16.6. The molecule has 10 nitrogen and oxygen atoms in total. The third kappa shape index (κ3) is 4.54. The van der Waals surface area contributed by atoms with Gasteiger partial charge >= 0.3 is 0 Å². The Morgan fingerprint density at radius 1 is 1.33 bits per heavy atom. The second kappa shape index (κ2) is 9.03. The number of carbonyl (C=O) groups excluding carboxylic acids is 2. The molecule has 0 aromatic heterocycles. The lowest BCUT2D eigenvalue weighted by Crippen LogP contribution is -2.38. The van der Waals surface area contributed by atoms with E-state index in [1.807, 2.05) is 31.2 Å². The number of nitrogens with one attached hydrogen (secondary N) is 1. The zero-order valence-electron chi connectivity index (χ0n) is 16.4. The largest absolute Gasteiger partial charge is 0.494 e. The first kappa shape index (κ1) is 20.8. The topological polar surface area (TPSA) is 123 Å². The van der Waals surface area contributed by atoms with Crippen molar-refractivity contribution < 1.29 is 24.1 Å². The summed E-state index contributed by atoms with van der Waals surface area (Å²) in [6, 6.07) is 11.4. The van der Waals surface area contributed by atoms with Gasteiger partial charge in [0.1, 0.15) is 12.0 Å². The van der Waals surface area contributed by atoms with Crippen molar-refractivity contribution in [1.82, 2.24) is 0 Å². The number of ether oxygens (including phenoxy) is 1. The van der Waals surface area contributed by atoms with E-state index in [4.69, 9.17) is 9.57 Å². The van der Waals surface area contributed by atoms with Gasteiger partial charge in [-0.3, -0.25) is 19.7 Å². The Kier molecular flexibility index (Phi) is 6.26. The predicted octanol–water partition coefficient (Wildman–Crippen LogP) is 2.52. The Labute approximate surface area is 172 Å². The number of amides is 2. The van der Waals surface area contributed by atoms with Gasteiger partial charge in [-0.2, -0.15) is 0 Å². The van der Waals surface area contributed by atoms with Gasteiger partial charge in [0.2, 0.25) is 0 Å². The van der Waals surface area contributed by atoms with Gasteiger partial charge in [-0.25, -0.2) is 0 Å². The van der Waals surface area contributed by atoms with Crippen molar-refractivity contribution in [3.8, 4) is 5.75 Å². The molecule has 0 spiro atoms. The van der Waals surface area contributed by atoms with E-state index in [9.17, 15) is 19.7 Å². The molecule has 2 amide bonds. The van der Waals surface area contributed by atoms with Crippen LogP contribution in [0.15, 0.2) is 47.6 Å². The van der Waals surface area contributed by atoms with E-state index >= 15 is 0 Å². The summed E-state index contributed by atoms with van der Waals surface area (Å²) in [6.07, 6.45) is 1.64. The van der Waals surface area contributed by atoms with Gasteiger partial charge in [0.15, 0.2) is 6.61 Å². The molecular weight excluding hydrogens is 392 g/mol. The van der Waals surface area contributed by atoms with E-state index in [-0.39, 0.29) is 35.7 Å². The molecule has 0 aliphatic carbocycles. The molecule has 30 heavy (non-hydrogen) atoms. The van der Waals surface area contributed by atoms with Gasteiger partial charge in [0.05, 0.1) is 23.8 Å². The first-order valence-electron chi connectivity index (χ1n) is 9.09. The van der Waals surface area contributed by atoms with E-state index in [0.717, 1.165) is 23.9 Å². The fourth-order valence-corrected chi connectivity index (χ4v) is 3.25. The Hall–Kier alpha value is -3.95. The number of oxime groups is 1. The lowest BCUT2D eigenvalue weighted by Gasteiger charge is -2.21. The number of nitro benzene ring substituents is 1. The number of hydrogen-bond acceptors (Lipinski definition) is 7. The normalized spacial score (nSPS) is 15.0. The van der Waals surface area contributed by atoms with E-state index in [2.05, 4.69) is 10.5 Å². The van der Waals surface area contributed by atoms with Crippen LogP contribution in [0.3, 0.4) is 0 Å². The van der Waals surface area contributed by atoms with Gasteiger partial charge in [-0.05, 0) is 31.0 Å². The molecule has 1 aliphatic rings. The number of rotatable bonds is 7. The Balaban J connectivity index is 1.54. The molecule has 0 saturated carbocycles. The molecule has 0 unspecified atom stereocenters. The quantitative estimate of drug-likeness (QED) is 0.423. The molecule has 0 saturated heterocycles. The van der Waals surface area contributed by atoms with Gasteiger partial charge in [0, 0.05) is 17.8 Å². The molecule has 0 radical (unpaired) electrons. The number of carbonyl (C=O) groups is 2. The number of hydrogen-bond donors (Lipinski definition) is 1. The van der Waals surface area contributed by atoms with Crippen molar-refractivity contribution in [1.29, 1.82) is 0 Å². The van der Waals surface area contributed by atoms with Crippen LogP contribution in [0, 0.1) is 10.1 Å². The lowest BCUT2D eigenvalue weighted by atomic mass is 10.1. The van der Waals surface area contributed by atoms with Crippen molar-refractivity contribution in [3.63, 3.8) is 0 Å². The van der Waals surface area contributed by atoms with Crippen molar-refractivity contribution in [3.05, 3.63) is 58.1 Å². The number of nitrogens with zero attached hydrogens (tertiary/aromatic N) is 3. The summed E-state index contributed by atoms with van der Waals surface area (Å²) in [6.45, 7) is 1.63. The number of methoxy groups -OCH3 is 1. The van der Waals surface area contributed by atoms with Crippen LogP contribution in [0.25, 0.3) is 0 Å². The molecule has 0 fully saturated rings. The summed E-state index contributed by atoms with van der Waals surface area (Å²) in [4.78, 5) is 41.4.